The van der Waals surface area contributed by atoms with E-state index in [0.717, 1.165) is 44.7 Å². The number of aromatic amines is 1. The largest absolute Gasteiger partial charge is 0.353 e. The molecule has 4 rings (SSSR count). The van der Waals surface area contributed by atoms with Crippen LogP contribution >= 0.6 is 0 Å². The maximum absolute atomic E-state index is 12.7. The second-order valence-electron chi connectivity index (χ2n) is 6.62. The van der Waals surface area contributed by atoms with Gasteiger partial charge in [-0.1, -0.05) is 24.3 Å². The number of carbonyl (C=O) groups excluding carboxylic acids is 1. The molecular formula is C22H20N4O. The molecule has 0 saturated carbocycles. The van der Waals surface area contributed by atoms with Crippen LogP contribution in [-0.4, -0.2) is 16.0 Å². The average molecular weight is 356 g/mol. The van der Waals surface area contributed by atoms with Crippen molar-refractivity contribution in [2.24, 2.45) is 0 Å². The minimum atomic E-state index is -0.283. The standard InChI is InChI=1S/C22H20N4O/c1-14-10-15(2)12-17(11-14)24-22(27)26-21-18-7-3-4-8-19(18)25-20(21)16-6-5-9-23-13-16/h3-13,25H,1-2H3,(H2,24,26,27). The van der Waals surface area contributed by atoms with Gasteiger partial charge in [-0.15, -0.1) is 0 Å². The highest BCUT2D eigenvalue weighted by atomic mass is 16.2. The van der Waals surface area contributed by atoms with Crippen molar-refractivity contribution in [3.63, 3.8) is 0 Å². The predicted molar refractivity (Wildman–Crippen MR) is 110 cm³/mol. The molecule has 0 aliphatic rings. The zero-order valence-electron chi connectivity index (χ0n) is 15.2. The zero-order valence-corrected chi connectivity index (χ0v) is 15.2. The van der Waals surface area contributed by atoms with Crippen LogP contribution in [0.5, 0.6) is 0 Å². The topological polar surface area (TPSA) is 69.8 Å². The van der Waals surface area contributed by atoms with E-state index in [1.165, 1.54) is 0 Å². The van der Waals surface area contributed by atoms with E-state index in [-0.39, 0.29) is 6.03 Å². The molecule has 0 aliphatic carbocycles. The molecule has 0 saturated heterocycles. The van der Waals surface area contributed by atoms with Crippen LogP contribution in [0, 0.1) is 13.8 Å². The summed E-state index contributed by atoms with van der Waals surface area (Å²) in [5.41, 5.74) is 6.42. The first-order valence-corrected chi connectivity index (χ1v) is 8.77. The van der Waals surface area contributed by atoms with Crippen molar-refractivity contribution in [1.29, 1.82) is 0 Å². The number of para-hydroxylation sites is 1. The van der Waals surface area contributed by atoms with Gasteiger partial charge in [-0.3, -0.25) is 4.98 Å². The Morgan fingerprint density at radius 2 is 1.74 bits per heavy atom. The lowest BCUT2D eigenvalue weighted by Crippen LogP contribution is -2.19. The van der Waals surface area contributed by atoms with Crippen molar-refractivity contribution >= 4 is 28.3 Å². The van der Waals surface area contributed by atoms with Crippen molar-refractivity contribution in [3.05, 3.63) is 78.1 Å². The van der Waals surface area contributed by atoms with E-state index in [2.05, 4.69) is 26.7 Å². The Balaban J connectivity index is 1.69. The summed E-state index contributed by atoms with van der Waals surface area (Å²) in [5, 5.41) is 6.89. The first-order valence-electron chi connectivity index (χ1n) is 8.77. The van der Waals surface area contributed by atoms with Crippen molar-refractivity contribution in [2.45, 2.75) is 13.8 Å². The quantitative estimate of drug-likeness (QED) is 0.454. The van der Waals surface area contributed by atoms with Gasteiger partial charge in [0.25, 0.3) is 0 Å². The van der Waals surface area contributed by atoms with Gasteiger partial charge in [-0.2, -0.15) is 0 Å². The molecular weight excluding hydrogens is 336 g/mol. The monoisotopic (exact) mass is 356 g/mol. The Bertz CT molecular complexity index is 1100. The van der Waals surface area contributed by atoms with Crippen LogP contribution in [0.4, 0.5) is 16.2 Å². The molecule has 2 amide bonds. The zero-order chi connectivity index (χ0) is 18.8. The van der Waals surface area contributed by atoms with Crippen molar-refractivity contribution in [3.8, 4) is 11.3 Å². The fraction of sp³-hybridized carbons (Fsp3) is 0.0909. The lowest BCUT2D eigenvalue weighted by atomic mass is 10.1. The number of nitrogens with zero attached hydrogens (tertiary/aromatic N) is 1. The number of hydrogen-bond donors (Lipinski definition) is 3. The maximum Gasteiger partial charge on any atom is 0.323 e. The molecule has 0 unspecified atom stereocenters. The number of amides is 2. The molecule has 0 atom stereocenters. The summed E-state index contributed by atoms with van der Waals surface area (Å²) >= 11 is 0. The minimum absolute atomic E-state index is 0.283. The molecule has 0 fully saturated rings. The number of carbonyl (C=O) groups is 1. The molecule has 27 heavy (non-hydrogen) atoms. The SMILES string of the molecule is Cc1cc(C)cc(NC(=O)Nc2c(-c3cccnc3)[nH]c3ccccc23)c1. The Morgan fingerprint density at radius 1 is 0.963 bits per heavy atom. The number of urea groups is 1. The fourth-order valence-corrected chi connectivity index (χ4v) is 3.32. The summed E-state index contributed by atoms with van der Waals surface area (Å²) in [5.74, 6) is 0. The van der Waals surface area contributed by atoms with Crippen molar-refractivity contribution in [1.82, 2.24) is 9.97 Å². The van der Waals surface area contributed by atoms with Crippen LogP contribution in [0.2, 0.25) is 0 Å². The van der Waals surface area contributed by atoms with Gasteiger partial charge in [-0.05, 0) is 55.3 Å². The first-order chi connectivity index (χ1) is 13.1. The van der Waals surface area contributed by atoms with Crippen LogP contribution in [0.25, 0.3) is 22.2 Å². The first kappa shape index (κ1) is 16.8. The number of anilines is 2. The summed E-state index contributed by atoms with van der Waals surface area (Å²) in [6, 6.07) is 17.4. The van der Waals surface area contributed by atoms with Gasteiger partial charge in [-0.25, -0.2) is 4.79 Å². The molecule has 0 bridgehead atoms. The summed E-state index contributed by atoms with van der Waals surface area (Å²) in [7, 11) is 0. The van der Waals surface area contributed by atoms with Crippen LogP contribution in [0.15, 0.2) is 67.0 Å². The number of aromatic nitrogens is 2. The molecule has 134 valence electrons. The summed E-state index contributed by atoms with van der Waals surface area (Å²) < 4.78 is 0. The number of nitrogens with one attached hydrogen (secondary N) is 3. The lowest BCUT2D eigenvalue weighted by Gasteiger charge is -2.10. The third kappa shape index (κ3) is 3.53. The minimum Gasteiger partial charge on any atom is -0.353 e. The van der Waals surface area contributed by atoms with Gasteiger partial charge in [0, 0.05) is 34.5 Å². The van der Waals surface area contributed by atoms with Crippen LogP contribution < -0.4 is 10.6 Å². The van der Waals surface area contributed by atoms with E-state index in [9.17, 15) is 4.79 Å². The van der Waals surface area contributed by atoms with E-state index in [1.807, 2.05) is 62.4 Å². The number of benzene rings is 2. The van der Waals surface area contributed by atoms with Gasteiger partial charge < -0.3 is 15.6 Å². The second-order valence-corrected chi connectivity index (χ2v) is 6.62. The van der Waals surface area contributed by atoms with E-state index in [4.69, 9.17) is 0 Å². The number of rotatable bonds is 3. The van der Waals surface area contributed by atoms with Gasteiger partial charge >= 0.3 is 6.03 Å². The molecule has 2 aromatic heterocycles. The van der Waals surface area contributed by atoms with Crippen LogP contribution in [0.3, 0.4) is 0 Å². The number of pyridine rings is 1. The molecule has 5 heteroatoms. The van der Waals surface area contributed by atoms with E-state index in [1.54, 1.807) is 12.4 Å². The van der Waals surface area contributed by atoms with E-state index in [0.29, 0.717) is 0 Å². The van der Waals surface area contributed by atoms with E-state index >= 15 is 0 Å². The third-order valence-corrected chi connectivity index (χ3v) is 4.37. The normalized spacial score (nSPS) is 10.7. The summed E-state index contributed by atoms with van der Waals surface area (Å²) in [6.07, 6.45) is 3.50. The smallest absolute Gasteiger partial charge is 0.323 e. The summed E-state index contributed by atoms with van der Waals surface area (Å²) in [4.78, 5) is 20.3. The third-order valence-electron chi connectivity index (χ3n) is 4.37. The Morgan fingerprint density at radius 3 is 2.48 bits per heavy atom. The predicted octanol–water partition coefficient (Wildman–Crippen LogP) is 5.49. The van der Waals surface area contributed by atoms with Gasteiger partial charge in [0.05, 0.1) is 11.4 Å². The van der Waals surface area contributed by atoms with Gasteiger partial charge in [0.1, 0.15) is 0 Å². The molecule has 5 nitrogen and oxygen atoms in total. The molecule has 2 heterocycles. The van der Waals surface area contributed by atoms with Crippen molar-refractivity contribution in [2.75, 3.05) is 10.6 Å². The molecule has 2 aromatic carbocycles. The lowest BCUT2D eigenvalue weighted by molar-refractivity contribution is 0.262. The molecule has 0 aliphatic heterocycles. The highest BCUT2D eigenvalue weighted by molar-refractivity contribution is 6.10. The number of fused-ring (bicyclic) bond motifs is 1. The number of aryl methyl sites for hydroxylation is 2. The number of hydrogen-bond acceptors (Lipinski definition) is 2. The van der Waals surface area contributed by atoms with Gasteiger partial charge in [0.2, 0.25) is 0 Å². The molecule has 3 N–H and O–H groups in total. The highest BCUT2D eigenvalue weighted by Gasteiger charge is 2.15. The molecule has 4 aromatic rings. The number of H-pyrrole nitrogens is 1. The Kier molecular flexibility index (Phi) is 4.34. The molecule has 0 radical (unpaired) electrons. The maximum atomic E-state index is 12.7. The van der Waals surface area contributed by atoms with Crippen LogP contribution in [-0.2, 0) is 0 Å². The van der Waals surface area contributed by atoms with Crippen molar-refractivity contribution < 1.29 is 4.79 Å². The highest BCUT2D eigenvalue weighted by Crippen LogP contribution is 2.34. The Hall–Kier alpha value is -3.60. The van der Waals surface area contributed by atoms with Crippen LogP contribution in [0.1, 0.15) is 11.1 Å². The molecule has 0 spiro atoms. The average Bonchev–Trinajstić information content (AvgIpc) is 3.00. The summed E-state index contributed by atoms with van der Waals surface area (Å²) in [6.45, 7) is 4.02. The second kappa shape index (κ2) is 6.96. The van der Waals surface area contributed by atoms with Gasteiger partial charge in [0.15, 0.2) is 0 Å². The fourth-order valence-electron chi connectivity index (χ4n) is 3.32. The Labute approximate surface area is 157 Å². The van der Waals surface area contributed by atoms with E-state index < -0.39 is 0 Å².